The van der Waals surface area contributed by atoms with Crippen LogP contribution in [0, 0.1) is 6.92 Å². The predicted octanol–water partition coefficient (Wildman–Crippen LogP) is 2.65. The molecule has 4 nitrogen and oxygen atoms in total. The number of fused-ring (bicyclic) bond motifs is 1. The lowest BCUT2D eigenvalue weighted by Gasteiger charge is -2.23. The van der Waals surface area contributed by atoms with E-state index < -0.39 is 5.97 Å². The summed E-state index contributed by atoms with van der Waals surface area (Å²) < 4.78 is 1.85. The normalized spacial score (nSPS) is 16.7. The van der Waals surface area contributed by atoms with Crippen LogP contribution >= 0.6 is 0 Å². The average molecular weight is 272 g/mol. The minimum Gasteiger partial charge on any atom is -0.477 e. The highest BCUT2D eigenvalue weighted by molar-refractivity contribution is 5.99. The van der Waals surface area contributed by atoms with Crippen molar-refractivity contribution in [2.45, 2.75) is 25.7 Å². The second kappa shape index (κ2) is 4.94. The van der Waals surface area contributed by atoms with Gasteiger partial charge in [-0.05, 0) is 49.9 Å². The molecule has 2 N–H and O–H groups in total. The fraction of sp³-hybridized carbons (Fsp3) is 0.438. The van der Waals surface area contributed by atoms with Crippen LogP contribution in [0.5, 0.6) is 0 Å². The molecule has 0 spiro atoms. The van der Waals surface area contributed by atoms with E-state index in [4.69, 9.17) is 0 Å². The number of piperidine rings is 1. The van der Waals surface area contributed by atoms with E-state index in [1.165, 1.54) is 0 Å². The average Bonchev–Trinajstić information content (AvgIpc) is 2.74. The quantitative estimate of drug-likeness (QED) is 0.883. The van der Waals surface area contributed by atoms with Crippen LogP contribution in [0.15, 0.2) is 18.2 Å². The van der Waals surface area contributed by atoms with Crippen molar-refractivity contribution < 1.29 is 9.90 Å². The lowest BCUT2D eigenvalue weighted by atomic mass is 9.88. The highest BCUT2D eigenvalue weighted by Gasteiger charge is 2.28. The molecule has 0 atom stereocenters. The largest absolute Gasteiger partial charge is 0.477 e. The van der Waals surface area contributed by atoms with Gasteiger partial charge in [-0.1, -0.05) is 18.2 Å². The molecule has 0 aliphatic carbocycles. The Bertz CT molecular complexity index is 667. The number of hydrogen-bond donors (Lipinski definition) is 2. The summed E-state index contributed by atoms with van der Waals surface area (Å²) in [6.07, 6.45) is 2.01. The van der Waals surface area contributed by atoms with Gasteiger partial charge in [0.05, 0.1) is 5.52 Å². The summed E-state index contributed by atoms with van der Waals surface area (Å²) >= 11 is 0. The summed E-state index contributed by atoms with van der Waals surface area (Å²) in [4.78, 5) is 11.7. The van der Waals surface area contributed by atoms with Crippen LogP contribution in [-0.2, 0) is 7.05 Å². The Hall–Kier alpha value is -1.81. The lowest BCUT2D eigenvalue weighted by molar-refractivity contribution is 0.0685. The Balaban J connectivity index is 2.30. The topological polar surface area (TPSA) is 54.3 Å². The van der Waals surface area contributed by atoms with Crippen molar-refractivity contribution in [3.8, 4) is 0 Å². The number of rotatable bonds is 2. The van der Waals surface area contributed by atoms with E-state index in [0.29, 0.717) is 11.6 Å². The van der Waals surface area contributed by atoms with Crippen LogP contribution in [0.25, 0.3) is 10.9 Å². The fourth-order valence-corrected chi connectivity index (χ4v) is 3.52. The highest BCUT2D eigenvalue weighted by atomic mass is 16.4. The molecule has 1 aromatic heterocycles. The second-order valence-electron chi connectivity index (χ2n) is 5.62. The Kier molecular flexibility index (Phi) is 3.26. The van der Waals surface area contributed by atoms with E-state index in [9.17, 15) is 9.90 Å². The second-order valence-corrected chi connectivity index (χ2v) is 5.62. The van der Waals surface area contributed by atoms with Gasteiger partial charge >= 0.3 is 5.97 Å². The van der Waals surface area contributed by atoms with Crippen LogP contribution in [-0.4, -0.2) is 28.7 Å². The third-order valence-corrected chi connectivity index (χ3v) is 4.40. The first-order chi connectivity index (χ1) is 9.61. The fourth-order valence-electron chi connectivity index (χ4n) is 3.52. The van der Waals surface area contributed by atoms with Gasteiger partial charge in [0.2, 0.25) is 0 Å². The van der Waals surface area contributed by atoms with Crippen LogP contribution in [0.3, 0.4) is 0 Å². The van der Waals surface area contributed by atoms with E-state index in [1.807, 2.05) is 30.7 Å². The van der Waals surface area contributed by atoms with Crippen molar-refractivity contribution in [2.24, 2.45) is 7.05 Å². The van der Waals surface area contributed by atoms with E-state index in [-0.39, 0.29) is 0 Å². The number of aromatic carboxylic acids is 1. The maximum Gasteiger partial charge on any atom is 0.352 e. The van der Waals surface area contributed by atoms with Gasteiger partial charge in [0.15, 0.2) is 0 Å². The zero-order valence-electron chi connectivity index (χ0n) is 11.9. The van der Waals surface area contributed by atoms with Crippen molar-refractivity contribution >= 4 is 16.9 Å². The van der Waals surface area contributed by atoms with Crippen molar-refractivity contribution in [2.75, 3.05) is 13.1 Å². The van der Waals surface area contributed by atoms with E-state index >= 15 is 0 Å². The number of nitrogens with one attached hydrogen (secondary N) is 1. The Labute approximate surface area is 118 Å². The molecule has 20 heavy (non-hydrogen) atoms. The summed E-state index contributed by atoms with van der Waals surface area (Å²) in [5.74, 6) is -0.482. The zero-order chi connectivity index (χ0) is 14.3. The van der Waals surface area contributed by atoms with Gasteiger partial charge in [-0.25, -0.2) is 4.79 Å². The summed E-state index contributed by atoms with van der Waals surface area (Å²) in [6.45, 7) is 3.97. The number of para-hydroxylation sites is 1. The van der Waals surface area contributed by atoms with Gasteiger partial charge in [0.1, 0.15) is 5.69 Å². The van der Waals surface area contributed by atoms with Crippen molar-refractivity contribution in [3.63, 3.8) is 0 Å². The summed E-state index contributed by atoms with van der Waals surface area (Å²) in [5, 5.41) is 14.1. The molecule has 106 valence electrons. The Morgan fingerprint density at radius 1 is 1.35 bits per heavy atom. The molecular weight excluding hydrogens is 252 g/mol. The molecule has 2 heterocycles. The van der Waals surface area contributed by atoms with Crippen molar-refractivity contribution in [3.05, 3.63) is 35.0 Å². The molecule has 3 rings (SSSR count). The highest BCUT2D eigenvalue weighted by Crippen LogP contribution is 2.37. The molecule has 1 aromatic carbocycles. The summed E-state index contributed by atoms with van der Waals surface area (Å²) in [6, 6.07) is 6.13. The van der Waals surface area contributed by atoms with Crippen LogP contribution < -0.4 is 5.32 Å². The number of nitrogens with zero attached hydrogens (tertiary/aromatic N) is 1. The number of carboxylic acids is 1. The number of aromatic nitrogens is 1. The third kappa shape index (κ3) is 1.91. The Morgan fingerprint density at radius 3 is 2.70 bits per heavy atom. The van der Waals surface area contributed by atoms with Gasteiger partial charge in [0.25, 0.3) is 0 Å². The smallest absolute Gasteiger partial charge is 0.352 e. The molecule has 0 amide bonds. The molecule has 0 saturated carbocycles. The van der Waals surface area contributed by atoms with Crippen LogP contribution in [0.1, 0.15) is 40.4 Å². The Morgan fingerprint density at radius 2 is 2.05 bits per heavy atom. The zero-order valence-corrected chi connectivity index (χ0v) is 11.9. The van der Waals surface area contributed by atoms with E-state index in [1.54, 1.807) is 0 Å². The summed E-state index contributed by atoms with van der Waals surface area (Å²) in [5.41, 5.74) is 3.67. The van der Waals surface area contributed by atoms with Gasteiger partial charge in [-0.3, -0.25) is 0 Å². The molecular formula is C16H20N2O2. The first-order valence-corrected chi connectivity index (χ1v) is 7.13. The van der Waals surface area contributed by atoms with Crippen LogP contribution in [0.4, 0.5) is 0 Å². The molecule has 1 aliphatic heterocycles. The van der Waals surface area contributed by atoms with Gasteiger partial charge < -0.3 is 15.0 Å². The van der Waals surface area contributed by atoms with E-state index in [2.05, 4.69) is 11.4 Å². The van der Waals surface area contributed by atoms with Gasteiger partial charge in [-0.15, -0.1) is 0 Å². The molecule has 0 unspecified atom stereocenters. The molecule has 1 fully saturated rings. The van der Waals surface area contributed by atoms with E-state index in [0.717, 1.165) is 48.0 Å². The number of benzene rings is 1. The first-order valence-electron chi connectivity index (χ1n) is 7.13. The van der Waals surface area contributed by atoms with Crippen molar-refractivity contribution in [1.29, 1.82) is 0 Å². The van der Waals surface area contributed by atoms with Crippen LogP contribution in [0.2, 0.25) is 0 Å². The summed E-state index contributed by atoms with van der Waals surface area (Å²) in [7, 11) is 1.86. The maximum atomic E-state index is 11.7. The monoisotopic (exact) mass is 272 g/mol. The van der Waals surface area contributed by atoms with Crippen molar-refractivity contribution in [1.82, 2.24) is 9.88 Å². The molecule has 1 aliphatic rings. The molecule has 1 saturated heterocycles. The molecule has 2 aromatic rings. The SMILES string of the molecule is Cc1cccc2c(C3CCNCC3)c(C(=O)O)n(C)c12. The molecule has 0 bridgehead atoms. The minimum atomic E-state index is -0.823. The molecule has 0 radical (unpaired) electrons. The predicted molar refractivity (Wildman–Crippen MR) is 79.5 cm³/mol. The number of carboxylic acid groups (broad SMARTS) is 1. The molecule has 4 heteroatoms. The lowest BCUT2D eigenvalue weighted by Crippen LogP contribution is -2.27. The third-order valence-electron chi connectivity index (χ3n) is 4.40. The number of aryl methyl sites for hydroxylation is 2. The number of carbonyl (C=O) groups is 1. The minimum absolute atomic E-state index is 0.341. The standard InChI is InChI=1S/C16H20N2O2/c1-10-4-3-5-12-13(11-6-8-17-9-7-11)15(16(19)20)18(2)14(10)12/h3-5,11,17H,6-9H2,1-2H3,(H,19,20). The maximum absolute atomic E-state index is 11.7. The van der Waals surface area contributed by atoms with Gasteiger partial charge in [-0.2, -0.15) is 0 Å². The first kappa shape index (κ1) is 13.2. The van der Waals surface area contributed by atoms with Gasteiger partial charge in [0, 0.05) is 12.4 Å². The number of hydrogen-bond acceptors (Lipinski definition) is 2.